The van der Waals surface area contributed by atoms with Gasteiger partial charge < -0.3 is 10.5 Å². The van der Waals surface area contributed by atoms with Gasteiger partial charge >= 0.3 is 0 Å². The van der Waals surface area contributed by atoms with Gasteiger partial charge in [-0.1, -0.05) is 0 Å². The molecule has 0 saturated heterocycles. The molecule has 1 aromatic heterocycles. The fourth-order valence-corrected chi connectivity index (χ4v) is 0.709. The van der Waals surface area contributed by atoms with Gasteiger partial charge in [-0.3, -0.25) is 4.68 Å². The van der Waals surface area contributed by atoms with Crippen molar-refractivity contribution >= 4 is 0 Å². The summed E-state index contributed by atoms with van der Waals surface area (Å²) >= 11 is 0. The predicted octanol–water partition coefficient (Wildman–Crippen LogP) is -0.150. The monoisotopic (exact) mass is 141 g/mol. The van der Waals surface area contributed by atoms with Crippen LogP contribution in [0.15, 0.2) is 12.3 Å². The van der Waals surface area contributed by atoms with E-state index in [2.05, 4.69) is 5.10 Å². The summed E-state index contributed by atoms with van der Waals surface area (Å²) < 4.78 is 6.62. The first kappa shape index (κ1) is 7.08. The number of aromatic nitrogens is 2. The zero-order valence-corrected chi connectivity index (χ0v) is 5.95. The Labute approximate surface area is 59.6 Å². The van der Waals surface area contributed by atoms with Crippen molar-refractivity contribution in [3.05, 3.63) is 12.3 Å². The van der Waals surface area contributed by atoms with Crippen molar-refractivity contribution in [1.29, 1.82) is 0 Å². The van der Waals surface area contributed by atoms with E-state index >= 15 is 0 Å². The van der Waals surface area contributed by atoms with Gasteiger partial charge in [-0.05, 0) is 0 Å². The molecule has 0 spiro atoms. The van der Waals surface area contributed by atoms with Crippen LogP contribution in [0.1, 0.15) is 0 Å². The van der Waals surface area contributed by atoms with Crippen molar-refractivity contribution in [2.45, 2.75) is 6.54 Å². The minimum atomic E-state index is 0.602. The van der Waals surface area contributed by atoms with Crippen molar-refractivity contribution in [3.8, 4) is 5.88 Å². The summed E-state index contributed by atoms with van der Waals surface area (Å²) in [5.41, 5.74) is 5.31. The second-order valence-electron chi connectivity index (χ2n) is 1.91. The summed E-state index contributed by atoms with van der Waals surface area (Å²) in [6, 6.07) is 1.80. The third-order valence-electron chi connectivity index (χ3n) is 1.18. The van der Waals surface area contributed by atoms with Crippen molar-refractivity contribution in [2.24, 2.45) is 5.73 Å². The van der Waals surface area contributed by atoms with Crippen LogP contribution < -0.4 is 10.5 Å². The Balaban J connectivity index is 2.59. The third kappa shape index (κ3) is 1.48. The molecule has 0 unspecified atom stereocenters. The van der Waals surface area contributed by atoms with Crippen LogP contribution in [0.25, 0.3) is 0 Å². The van der Waals surface area contributed by atoms with Gasteiger partial charge in [0.15, 0.2) is 0 Å². The molecule has 1 rings (SSSR count). The van der Waals surface area contributed by atoms with Crippen molar-refractivity contribution < 1.29 is 4.74 Å². The number of hydrogen-bond donors (Lipinski definition) is 1. The number of hydrogen-bond acceptors (Lipinski definition) is 3. The van der Waals surface area contributed by atoms with E-state index in [0.717, 1.165) is 6.54 Å². The highest BCUT2D eigenvalue weighted by Gasteiger charge is 1.94. The number of rotatable bonds is 3. The summed E-state index contributed by atoms with van der Waals surface area (Å²) in [5, 5.41) is 4.03. The van der Waals surface area contributed by atoms with E-state index in [1.807, 2.05) is 6.20 Å². The van der Waals surface area contributed by atoms with Crippen molar-refractivity contribution in [2.75, 3.05) is 13.7 Å². The molecule has 1 heterocycles. The molecule has 0 aromatic carbocycles. The van der Waals surface area contributed by atoms with E-state index in [1.54, 1.807) is 17.9 Å². The maximum Gasteiger partial charge on any atom is 0.232 e. The molecule has 2 N–H and O–H groups in total. The molecule has 56 valence electrons. The molecule has 0 atom stereocenters. The summed E-state index contributed by atoms with van der Waals surface area (Å²) in [7, 11) is 1.59. The maximum atomic E-state index is 5.31. The van der Waals surface area contributed by atoms with Gasteiger partial charge in [0, 0.05) is 18.8 Å². The fourth-order valence-electron chi connectivity index (χ4n) is 0.709. The normalized spacial score (nSPS) is 9.80. The molecule has 1 aromatic rings. The smallest absolute Gasteiger partial charge is 0.232 e. The lowest BCUT2D eigenvalue weighted by atomic mass is 10.6. The van der Waals surface area contributed by atoms with Crippen molar-refractivity contribution in [3.63, 3.8) is 0 Å². The molecule has 0 saturated carbocycles. The molecule has 0 aliphatic rings. The molecule has 0 radical (unpaired) electrons. The number of ether oxygens (including phenoxy) is 1. The minimum absolute atomic E-state index is 0.602. The number of nitrogens with two attached hydrogens (primary N) is 1. The lowest BCUT2D eigenvalue weighted by molar-refractivity contribution is 0.388. The molecule has 0 fully saturated rings. The van der Waals surface area contributed by atoms with Crippen LogP contribution in [0.4, 0.5) is 0 Å². The average molecular weight is 141 g/mol. The van der Waals surface area contributed by atoms with E-state index in [9.17, 15) is 0 Å². The van der Waals surface area contributed by atoms with Gasteiger partial charge in [-0.25, -0.2) is 0 Å². The molecule has 0 aliphatic heterocycles. The Morgan fingerprint density at radius 1 is 1.80 bits per heavy atom. The van der Waals surface area contributed by atoms with Gasteiger partial charge in [0.25, 0.3) is 0 Å². The Morgan fingerprint density at radius 2 is 2.60 bits per heavy atom. The zero-order chi connectivity index (χ0) is 7.40. The maximum absolute atomic E-state index is 5.31. The van der Waals surface area contributed by atoms with Crippen LogP contribution in [0.3, 0.4) is 0 Å². The number of methoxy groups -OCH3 is 1. The van der Waals surface area contributed by atoms with E-state index < -0.39 is 0 Å². The van der Waals surface area contributed by atoms with Gasteiger partial charge in [0.1, 0.15) is 0 Å². The Morgan fingerprint density at radius 3 is 3.10 bits per heavy atom. The lowest BCUT2D eigenvalue weighted by Gasteiger charge is -1.95. The van der Waals surface area contributed by atoms with E-state index in [0.29, 0.717) is 12.4 Å². The van der Waals surface area contributed by atoms with Crippen molar-refractivity contribution in [1.82, 2.24) is 9.78 Å². The largest absolute Gasteiger partial charge is 0.480 e. The average Bonchev–Trinajstić information content (AvgIpc) is 2.37. The predicted molar refractivity (Wildman–Crippen MR) is 37.8 cm³/mol. The Bertz CT molecular complexity index is 197. The van der Waals surface area contributed by atoms with E-state index in [4.69, 9.17) is 10.5 Å². The summed E-state index contributed by atoms with van der Waals surface area (Å²) in [6.45, 7) is 1.34. The highest BCUT2D eigenvalue weighted by molar-refractivity contribution is 5.04. The lowest BCUT2D eigenvalue weighted by Crippen LogP contribution is -2.09. The second-order valence-corrected chi connectivity index (χ2v) is 1.91. The van der Waals surface area contributed by atoms with Gasteiger partial charge in [0.2, 0.25) is 5.88 Å². The highest BCUT2D eigenvalue weighted by Crippen LogP contribution is 2.02. The molecule has 4 nitrogen and oxygen atoms in total. The van der Waals surface area contributed by atoms with Gasteiger partial charge in [0.05, 0.1) is 13.7 Å². The number of nitrogens with zero attached hydrogens (tertiary/aromatic N) is 2. The first-order chi connectivity index (χ1) is 4.86. The van der Waals surface area contributed by atoms with Crippen LogP contribution in [0, 0.1) is 0 Å². The molecule has 0 bridgehead atoms. The third-order valence-corrected chi connectivity index (χ3v) is 1.18. The van der Waals surface area contributed by atoms with Gasteiger partial charge in [-0.15, -0.1) is 5.10 Å². The summed E-state index contributed by atoms with van der Waals surface area (Å²) in [6.07, 6.45) is 1.84. The summed E-state index contributed by atoms with van der Waals surface area (Å²) in [5.74, 6) is 0.633. The zero-order valence-electron chi connectivity index (χ0n) is 5.95. The van der Waals surface area contributed by atoms with Crippen LogP contribution in [-0.4, -0.2) is 23.4 Å². The molecule has 4 heteroatoms. The standard InChI is InChI=1S/C6H11N3O/c1-10-6-2-4-9(8-6)5-3-7/h2,4H,3,5,7H2,1H3. The van der Waals surface area contributed by atoms with E-state index in [-0.39, 0.29) is 0 Å². The molecule has 10 heavy (non-hydrogen) atoms. The minimum Gasteiger partial charge on any atom is -0.480 e. The van der Waals surface area contributed by atoms with Crippen LogP contribution >= 0.6 is 0 Å². The molecule has 0 aliphatic carbocycles. The fraction of sp³-hybridized carbons (Fsp3) is 0.500. The molecular formula is C6H11N3O. The van der Waals surface area contributed by atoms with Gasteiger partial charge in [-0.2, -0.15) is 0 Å². The highest BCUT2D eigenvalue weighted by atomic mass is 16.5. The van der Waals surface area contributed by atoms with Crippen LogP contribution in [0.2, 0.25) is 0 Å². The van der Waals surface area contributed by atoms with Crippen LogP contribution in [-0.2, 0) is 6.54 Å². The molecular weight excluding hydrogens is 130 g/mol. The SMILES string of the molecule is COc1ccn(CCN)n1. The summed E-state index contributed by atoms with van der Waals surface area (Å²) in [4.78, 5) is 0. The van der Waals surface area contributed by atoms with E-state index in [1.165, 1.54) is 0 Å². The topological polar surface area (TPSA) is 53.1 Å². The second kappa shape index (κ2) is 3.22. The Kier molecular flexibility index (Phi) is 2.28. The first-order valence-electron chi connectivity index (χ1n) is 3.14. The van der Waals surface area contributed by atoms with Crippen LogP contribution in [0.5, 0.6) is 5.88 Å². The Hall–Kier alpha value is -1.03. The quantitative estimate of drug-likeness (QED) is 0.637. The molecule has 0 amide bonds. The first-order valence-corrected chi connectivity index (χ1v) is 3.14.